The summed E-state index contributed by atoms with van der Waals surface area (Å²) in [6.45, 7) is 0.332. The van der Waals surface area contributed by atoms with Crippen molar-refractivity contribution in [1.82, 2.24) is 0 Å². The third kappa shape index (κ3) is 1.93. The Bertz CT molecular complexity index is 447. The van der Waals surface area contributed by atoms with E-state index in [1.165, 1.54) is 13.2 Å². The second kappa shape index (κ2) is 4.45. The van der Waals surface area contributed by atoms with Crippen LogP contribution in [0.4, 0.5) is 4.39 Å². The molecule has 4 heteroatoms. The molecule has 0 heterocycles. The Balaban J connectivity index is 2.40. The highest BCUT2D eigenvalue weighted by Gasteiger charge is 2.40. The predicted octanol–water partition coefficient (Wildman–Crippen LogP) is 1.53. The summed E-state index contributed by atoms with van der Waals surface area (Å²) in [6, 6.07) is 4.98. The largest absolute Gasteiger partial charge is 0.469 e. The molecule has 1 aromatic carbocycles. The highest BCUT2D eigenvalue weighted by atomic mass is 19.1. The first-order valence-corrected chi connectivity index (χ1v) is 5.68. The van der Waals surface area contributed by atoms with Gasteiger partial charge in [0.05, 0.1) is 13.5 Å². The molecule has 1 aliphatic rings. The second-order valence-electron chi connectivity index (χ2n) is 4.50. The molecule has 1 unspecified atom stereocenters. The third-order valence-electron chi connectivity index (χ3n) is 3.64. The van der Waals surface area contributed by atoms with E-state index in [9.17, 15) is 9.18 Å². The minimum absolute atomic E-state index is 0.206. The molecule has 0 fully saturated rings. The van der Waals surface area contributed by atoms with Crippen LogP contribution in [-0.2, 0) is 21.4 Å². The highest BCUT2D eigenvalue weighted by molar-refractivity contribution is 5.72. The summed E-state index contributed by atoms with van der Waals surface area (Å²) in [6.07, 6.45) is 1.56. The topological polar surface area (TPSA) is 52.3 Å². The van der Waals surface area contributed by atoms with E-state index in [1.54, 1.807) is 6.07 Å². The predicted molar refractivity (Wildman–Crippen MR) is 62.1 cm³/mol. The lowest BCUT2D eigenvalue weighted by atomic mass is 9.79. The number of halogens is 1. The first kappa shape index (κ1) is 12.0. The number of hydrogen-bond acceptors (Lipinski definition) is 3. The molecule has 0 spiro atoms. The van der Waals surface area contributed by atoms with Gasteiger partial charge in [0, 0.05) is 12.0 Å². The summed E-state index contributed by atoms with van der Waals surface area (Å²) >= 11 is 0. The molecule has 17 heavy (non-hydrogen) atoms. The van der Waals surface area contributed by atoms with Crippen molar-refractivity contribution in [2.45, 2.75) is 24.7 Å². The quantitative estimate of drug-likeness (QED) is 0.811. The van der Waals surface area contributed by atoms with Gasteiger partial charge in [-0.05, 0) is 30.0 Å². The summed E-state index contributed by atoms with van der Waals surface area (Å²) in [5.41, 5.74) is 6.91. The smallest absolute Gasteiger partial charge is 0.306 e. The maximum Gasteiger partial charge on any atom is 0.306 e. The van der Waals surface area contributed by atoms with Crippen LogP contribution in [0.5, 0.6) is 0 Å². The van der Waals surface area contributed by atoms with Crippen molar-refractivity contribution >= 4 is 5.97 Å². The minimum atomic E-state index is -0.454. The number of carbonyl (C=O) groups is 1. The lowest BCUT2D eigenvalue weighted by molar-refractivity contribution is -0.142. The van der Waals surface area contributed by atoms with Crippen LogP contribution >= 0.6 is 0 Å². The molecule has 0 aromatic heterocycles. The molecule has 0 aliphatic heterocycles. The Hall–Kier alpha value is -1.42. The SMILES string of the molecule is COC(=O)CC1(CN)CCc2c(F)cccc21. The van der Waals surface area contributed by atoms with Crippen LogP contribution in [0.15, 0.2) is 18.2 Å². The highest BCUT2D eigenvalue weighted by Crippen LogP contribution is 2.41. The van der Waals surface area contributed by atoms with E-state index in [-0.39, 0.29) is 18.2 Å². The molecular weight excluding hydrogens is 221 g/mol. The number of rotatable bonds is 3. The zero-order chi connectivity index (χ0) is 12.5. The lowest BCUT2D eigenvalue weighted by Gasteiger charge is -2.27. The van der Waals surface area contributed by atoms with Crippen LogP contribution in [-0.4, -0.2) is 19.6 Å². The molecule has 0 amide bonds. The van der Waals surface area contributed by atoms with Crippen LogP contribution in [0.3, 0.4) is 0 Å². The van der Waals surface area contributed by atoms with Gasteiger partial charge in [-0.3, -0.25) is 4.79 Å². The third-order valence-corrected chi connectivity index (χ3v) is 3.64. The molecular formula is C13H16FNO2. The summed E-state index contributed by atoms with van der Waals surface area (Å²) in [5, 5.41) is 0. The average molecular weight is 237 g/mol. The van der Waals surface area contributed by atoms with Crippen molar-refractivity contribution in [3.63, 3.8) is 0 Å². The van der Waals surface area contributed by atoms with Gasteiger partial charge in [0.15, 0.2) is 0 Å². The fourth-order valence-corrected chi connectivity index (χ4v) is 2.62. The van der Waals surface area contributed by atoms with Gasteiger partial charge in [0.25, 0.3) is 0 Å². The van der Waals surface area contributed by atoms with E-state index in [4.69, 9.17) is 10.5 Å². The Morgan fingerprint density at radius 3 is 3.00 bits per heavy atom. The lowest BCUT2D eigenvalue weighted by Crippen LogP contribution is -2.35. The maximum atomic E-state index is 13.6. The van der Waals surface area contributed by atoms with Gasteiger partial charge in [-0.25, -0.2) is 4.39 Å². The summed E-state index contributed by atoms with van der Waals surface area (Å²) < 4.78 is 18.3. The maximum absolute atomic E-state index is 13.6. The number of ether oxygens (including phenoxy) is 1. The van der Waals surface area contributed by atoms with Gasteiger partial charge in [0.1, 0.15) is 5.82 Å². The van der Waals surface area contributed by atoms with Gasteiger partial charge in [-0.2, -0.15) is 0 Å². The number of benzene rings is 1. The molecule has 2 rings (SSSR count). The van der Waals surface area contributed by atoms with E-state index in [0.717, 1.165) is 5.56 Å². The minimum Gasteiger partial charge on any atom is -0.469 e. The fraction of sp³-hybridized carbons (Fsp3) is 0.462. The second-order valence-corrected chi connectivity index (χ2v) is 4.50. The number of hydrogen-bond donors (Lipinski definition) is 1. The van der Waals surface area contributed by atoms with E-state index >= 15 is 0 Å². The summed E-state index contributed by atoms with van der Waals surface area (Å²) in [5.74, 6) is -0.504. The number of fused-ring (bicyclic) bond motifs is 1. The van der Waals surface area contributed by atoms with Crippen LogP contribution < -0.4 is 5.73 Å². The van der Waals surface area contributed by atoms with E-state index in [2.05, 4.69) is 0 Å². The van der Waals surface area contributed by atoms with Crippen molar-refractivity contribution in [2.75, 3.05) is 13.7 Å². The molecule has 0 saturated heterocycles. The monoisotopic (exact) mass is 237 g/mol. The zero-order valence-electron chi connectivity index (χ0n) is 9.83. The van der Waals surface area contributed by atoms with Crippen LogP contribution in [0, 0.1) is 5.82 Å². The van der Waals surface area contributed by atoms with Crippen LogP contribution in [0.2, 0.25) is 0 Å². The molecule has 3 nitrogen and oxygen atoms in total. The van der Waals surface area contributed by atoms with Crippen LogP contribution in [0.1, 0.15) is 24.0 Å². The van der Waals surface area contributed by atoms with E-state index in [1.807, 2.05) is 6.07 Å². The van der Waals surface area contributed by atoms with Gasteiger partial charge in [0.2, 0.25) is 0 Å². The molecule has 92 valence electrons. The molecule has 0 bridgehead atoms. The van der Waals surface area contributed by atoms with Gasteiger partial charge >= 0.3 is 5.97 Å². The Labute approximate surface area is 99.8 Å². The summed E-state index contributed by atoms with van der Waals surface area (Å²) in [7, 11) is 1.36. The molecule has 1 atom stereocenters. The van der Waals surface area contributed by atoms with Crippen molar-refractivity contribution < 1.29 is 13.9 Å². The van der Waals surface area contributed by atoms with Gasteiger partial charge in [-0.15, -0.1) is 0 Å². The van der Waals surface area contributed by atoms with Gasteiger partial charge < -0.3 is 10.5 Å². The number of nitrogens with two attached hydrogens (primary N) is 1. The first-order valence-electron chi connectivity index (χ1n) is 5.68. The Morgan fingerprint density at radius 2 is 2.35 bits per heavy atom. The van der Waals surface area contributed by atoms with Crippen molar-refractivity contribution in [3.05, 3.63) is 35.1 Å². The Kier molecular flexibility index (Phi) is 3.15. The van der Waals surface area contributed by atoms with Crippen LogP contribution in [0.25, 0.3) is 0 Å². The number of carbonyl (C=O) groups excluding carboxylic acids is 1. The molecule has 1 aliphatic carbocycles. The number of methoxy groups -OCH3 is 1. The first-order chi connectivity index (χ1) is 8.13. The molecule has 2 N–H and O–H groups in total. The zero-order valence-corrected chi connectivity index (χ0v) is 9.83. The van der Waals surface area contributed by atoms with E-state index < -0.39 is 5.41 Å². The fourth-order valence-electron chi connectivity index (χ4n) is 2.62. The van der Waals surface area contributed by atoms with Crippen molar-refractivity contribution in [3.8, 4) is 0 Å². The summed E-state index contributed by atoms with van der Waals surface area (Å²) in [4.78, 5) is 11.5. The molecule has 0 saturated carbocycles. The average Bonchev–Trinajstić information content (AvgIpc) is 2.70. The normalized spacial score (nSPS) is 22.3. The number of esters is 1. The molecule has 1 aromatic rings. The van der Waals surface area contributed by atoms with Crippen molar-refractivity contribution in [1.29, 1.82) is 0 Å². The van der Waals surface area contributed by atoms with E-state index in [0.29, 0.717) is 24.9 Å². The van der Waals surface area contributed by atoms with Gasteiger partial charge in [-0.1, -0.05) is 12.1 Å². The van der Waals surface area contributed by atoms with Crippen molar-refractivity contribution in [2.24, 2.45) is 5.73 Å². The Morgan fingerprint density at radius 1 is 1.59 bits per heavy atom. The standard InChI is InChI=1S/C13H16FNO2/c1-17-12(16)7-13(8-15)6-5-9-10(13)3-2-4-11(9)14/h2-4H,5-8,15H2,1H3. The molecule has 0 radical (unpaired) electrons.